The molecule has 3 rings (SSSR count). The fraction of sp³-hybridized carbons (Fsp3) is 0.412. The smallest absolute Gasteiger partial charge is 0.122 e. The molecule has 2 nitrogen and oxygen atoms in total. The van der Waals surface area contributed by atoms with Gasteiger partial charge < -0.3 is 10.1 Å². The fourth-order valence-electron chi connectivity index (χ4n) is 3.28. The van der Waals surface area contributed by atoms with Crippen molar-refractivity contribution in [2.75, 3.05) is 20.2 Å². The predicted octanol–water partition coefficient (Wildman–Crippen LogP) is 3.56. The SMILES string of the molecule is COc1ccc2ccccc2c1C1CCNCC1C. The lowest BCUT2D eigenvalue weighted by Gasteiger charge is -2.31. The summed E-state index contributed by atoms with van der Waals surface area (Å²) in [6.45, 7) is 4.52. The maximum absolute atomic E-state index is 5.63. The Morgan fingerprint density at radius 1 is 1.16 bits per heavy atom. The number of fused-ring (bicyclic) bond motifs is 1. The molecule has 1 N–H and O–H groups in total. The summed E-state index contributed by atoms with van der Waals surface area (Å²) in [5.74, 6) is 2.27. The molecular formula is C17H21NO. The quantitative estimate of drug-likeness (QED) is 0.886. The Morgan fingerprint density at radius 2 is 2.00 bits per heavy atom. The molecule has 1 aliphatic rings. The number of hydrogen-bond donors (Lipinski definition) is 1. The highest BCUT2D eigenvalue weighted by molar-refractivity contribution is 5.88. The zero-order valence-corrected chi connectivity index (χ0v) is 11.6. The first-order chi connectivity index (χ1) is 9.31. The van der Waals surface area contributed by atoms with Gasteiger partial charge in [-0.25, -0.2) is 0 Å². The van der Waals surface area contributed by atoms with Gasteiger partial charge in [0.1, 0.15) is 5.75 Å². The summed E-state index contributed by atoms with van der Waals surface area (Å²) >= 11 is 0. The van der Waals surface area contributed by atoms with Gasteiger partial charge in [0.05, 0.1) is 7.11 Å². The van der Waals surface area contributed by atoms with Crippen molar-refractivity contribution in [2.24, 2.45) is 5.92 Å². The molecule has 2 aromatic rings. The van der Waals surface area contributed by atoms with Crippen LogP contribution in [0.3, 0.4) is 0 Å². The number of hydrogen-bond acceptors (Lipinski definition) is 2. The highest BCUT2D eigenvalue weighted by Gasteiger charge is 2.26. The van der Waals surface area contributed by atoms with Crippen molar-refractivity contribution in [3.05, 3.63) is 42.0 Å². The van der Waals surface area contributed by atoms with Gasteiger partial charge in [-0.15, -0.1) is 0 Å². The zero-order chi connectivity index (χ0) is 13.2. The topological polar surface area (TPSA) is 21.3 Å². The summed E-state index contributed by atoms with van der Waals surface area (Å²) in [5, 5.41) is 6.14. The van der Waals surface area contributed by atoms with Gasteiger partial charge in [-0.3, -0.25) is 0 Å². The molecule has 2 unspecified atom stereocenters. The van der Waals surface area contributed by atoms with Gasteiger partial charge in [0, 0.05) is 5.56 Å². The average molecular weight is 255 g/mol. The Morgan fingerprint density at radius 3 is 2.79 bits per heavy atom. The van der Waals surface area contributed by atoms with Crippen molar-refractivity contribution >= 4 is 10.8 Å². The summed E-state index contributed by atoms with van der Waals surface area (Å²) in [6.07, 6.45) is 1.19. The van der Waals surface area contributed by atoms with E-state index in [1.165, 1.54) is 22.8 Å². The Hall–Kier alpha value is -1.54. The van der Waals surface area contributed by atoms with Crippen molar-refractivity contribution < 1.29 is 4.74 Å². The van der Waals surface area contributed by atoms with Crippen LogP contribution in [0.1, 0.15) is 24.8 Å². The number of nitrogens with one attached hydrogen (secondary N) is 1. The molecule has 0 bridgehead atoms. The van der Waals surface area contributed by atoms with Gasteiger partial charge in [-0.2, -0.15) is 0 Å². The molecule has 1 saturated heterocycles. The summed E-state index contributed by atoms with van der Waals surface area (Å²) in [6, 6.07) is 12.9. The van der Waals surface area contributed by atoms with Crippen LogP contribution in [0.5, 0.6) is 5.75 Å². The van der Waals surface area contributed by atoms with Crippen molar-refractivity contribution in [1.82, 2.24) is 5.32 Å². The molecular weight excluding hydrogens is 234 g/mol. The number of rotatable bonds is 2. The van der Waals surface area contributed by atoms with Crippen LogP contribution < -0.4 is 10.1 Å². The Balaban J connectivity index is 2.18. The molecule has 100 valence electrons. The first kappa shape index (κ1) is 12.5. The maximum atomic E-state index is 5.63. The highest BCUT2D eigenvalue weighted by atomic mass is 16.5. The summed E-state index contributed by atoms with van der Waals surface area (Å²) in [7, 11) is 1.78. The predicted molar refractivity (Wildman–Crippen MR) is 79.9 cm³/mol. The van der Waals surface area contributed by atoms with Crippen LogP contribution >= 0.6 is 0 Å². The van der Waals surface area contributed by atoms with Crippen LogP contribution in [0, 0.1) is 5.92 Å². The maximum Gasteiger partial charge on any atom is 0.122 e. The summed E-state index contributed by atoms with van der Waals surface area (Å²) < 4.78 is 5.63. The average Bonchev–Trinajstić information content (AvgIpc) is 2.47. The molecule has 0 saturated carbocycles. The van der Waals surface area contributed by atoms with Crippen molar-refractivity contribution in [3.8, 4) is 5.75 Å². The standard InChI is InChI=1S/C17H21NO/c1-12-11-18-10-9-14(12)17-15-6-4-3-5-13(15)7-8-16(17)19-2/h3-8,12,14,18H,9-11H2,1-2H3. The van der Waals surface area contributed by atoms with Crippen LogP contribution in [0.15, 0.2) is 36.4 Å². The van der Waals surface area contributed by atoms with E-state index in [9.17, 15) is 0 Å². The van der Waals surface area contributed by atoms with E-state index in [0.717, 1.165) is 18.8 Å². The van der Waals surface area contributed by atoms with Crippen LogP contribution in [0.25, 0.3) is 10.8 Å². The summed E-state index contributed by atoms with van der Waals surface area (Å²) in [4.78, 5) is 0. The first-order valence-corrected chi connectivity index (χ1v) is 7.07. The van der Waals surface area contributed by atoms with Crippen LogP contribution in [-0.2, 0) is 0 Å². The van der Waals surface area contributed by atoms with Crippen molar-refractivity contribution in [1.29, 1.82) is 0 Å². The Bertz CT molecular complexity index is 578. The number of benzene rings is 2. The lowest BCUT2D eigenvalue weighted by atomic mass is 9.80. The molecule has 1 fully saturated rings. The molecule has 2 atom stereocenters. The summed E-state index contributed by atoms with van der Waals surface area (Å²) in [5.41, 5.74) is 1.40. The lowest BCUT2D eigenvalue weighted by Crippen LogP contribution is -2.34. The number of methoxy groups -OCH3 is 1. The largest absolute Gasteiger partial charge is 0.496 e. The molecule has 0 spiro atoms. The first-order valence-electron chi connectivity index (χ1n) is 7.07. The lowest BCUT2D eigenvalue weighted by molar-refractivity contribution is 0.336. The van der Waals surface area contributed by atoms with Gasteiger partial charge in [-0.1, -0.05) is 37.3 Å². The van der Waals surface area contributed by atoms with Crippen LogP contribution in [-0.4, -0.2) is 20.2 Å². The molecule has 19 heavy (non-hydrogen) atoms. The minimum absolute atomic E-state index is 0.585. The van der Waals surface area contributed by atoms with E-state index in [1.54, 1.807) is 7.11 Å². The van der Waals surface area contributed by atoms with Gasteiger partial charge in [0.15, 0.2) is 0 Å². The van der Waals surface area contributed by atoms with E-state index in [4.69, 9.17) is 4.74 Å². The van der Waals surface area contributed by atoms with Gasteiger partial charge in [0.2, 0.25) is 0 Å². The molecule has 2 heteroatoms. The van der Waals surface area contributed by atoms with Crippen molar-refractivity contribution in [2.45, 2.75) is 19.3 Å². The Labute approximate surface area is 114 Å². The number of piperidine rings is 1. The molecule has 0 aliphatic carbocycles. The molecule has 2 aromatic carbocycles. The van der Waals surface area contributed by atoms with E-state index in [1.807, 2.05) is 0 Å². The van der Waals surface area contributed by atoms with E-state index in [2.05, 4.69) is 48.6 Å². The third-order valence-corrected chi connectivity index (χ3v) is 4.31. The number of ether oxygens (including phenoxy) is 1. The third-order valence-electron chi connectivity index (χ3n) is 4.31. The van der Waals surface area contributed by atoms with Crippen LogP contribution in [0.2, 0.25) is 0 Å². The third kappa shape index (κ3) is 2.21. The van der Waals surface area contributed by atoms with E-state index < -0.39 is 0 Å². The van der Waals surface area contributed by atoms with E-state index >= 15 is 0 Å². The Kier molecular flexibility index (Phi) is 3.43. The minimum Gasteiger partial charge on any atom is -0.496 e. The van der Waals surface area contributed by atoms with Crippen molar-refractivity contribution in [3.63, 3.8) is 0 Å². The molecule has 1 aliphatic heterocycles. The van der Waals surface area contributed by atoms with Gasteiger partial charge >= 0.3 is 0 Å². The molecule has 1 heterocycles. The molecule has 0 amide bonds. The second-order valence-electron chi connectivity index (χ2n) is 5.48. The fourth-order valence-corrected chi connectivity index (χ4v) is 3.28. The minimum atomic E-state index is 0.585. The normalized spacial score (nSPS) is 23.5. The highest BCUT2D eigenvalue weighted by Crippen LogP contribution is 2.40. The molecule has 0 radical (unpaired) electrons. The van der Waals surface area contributed by atoms with Gasteiger partial charge in [-0.05, 0) is 48.2 Å². The van der Waals surface area contributed by atoms with E-state index in [-0.39, 0.29) is 0 Å². The van der Waals surface area contributed by atoms with Gasteiger partial charge in [0.25, 0.3) is 0 Å². The zero-order valence-electron chi connectivity index (χ0n) is 11.6. The molecule has 0 aromatic heterocycles. The second-order valence-corrected chi connectivity index (χ2v) is 5.48. The van der Waals surface area contributed by atoms with E-state index in [0.29, 0.717) is 11.8 Å². The monoisotopic (exact) mass is 255 g/mol. The second kappa shape index (κ2) is 5.22. The van der Waals surface area contributed by atoms with Crippen LogP contribution in [0.4, 0.5) is 0 Å².